The number of hydrogen-bond acceptors (Lipinski definition) is 6. The predicted molar refractivity (Wildman–Crippen MR) is 151 cm³/mol. The lowest BCUT2D eigenvalue weighted by Crippen LogP contribution is -2.57. The third kappa shape index (κ3) is 12.4. The highest BCUT2D eigenvalue weighted by Gasteiger charge is 2.32. The van der Waals surface area contributed by atoms with E-state index in [4.69, 9.17) is 4.74 Å². The molecule has 3 amide bonds. The third-order valence-electron chi connectivity index (χ3n) is 6.92. The molecular weight excluding hydrogens is 498 g/mol. The first-order chi connectivity index (χ1) is 18.4. The fourth-order valence-corrected chi connectivity index (χ4v) is 4.99. The molecular formula is C30H49N3O6. The first-order valence-electron chi connectivity index (χ1n) is 14.3. The minimum Gasteiger partial charge on any atom is -0.444 e. The van der Waals surface area contributed by atoms with E-state index < -0.39 is 54.3 Å². The number of nitrogens with one attached hydrogen (secondary N) is 3. The van der Waals surface area contributed by atoms with E-state index in [9.17, 15) is 24.6 Å². The van der Waals surface area contributed by atoms with Crippen molar-refractivity contribution in [2.24, 2.45) is 11.8 Å². The Labute approximate surface area is 233 Å². The lowest BCUT2D eigenvalue weighted by Gasteiger charge is -2.31. The van der Waals surface area contributed by atoms with E-state index in [0.717, 1.165) is 31.2 Å². The monoisotopic (exact) mass is 547 g/mol. The number of benzene rings is 1. The summed E-state index contributed by atoms with van der Waals surface area (Å²) in [6.07, 6.45) is 4.87. The Morgan fingerprint density at radius 2 is 1.56 bits per heavy atom. The van der Waals surface area contributed by atoms with Crippen molar-refractivity contribution in [1.29, 1.82) is 0 Å². The maximum Gasteiger partial charge on any atom is 0.408 e. The van der Waals surface area contributed by atoms with E-state index in [0.29, 0.717) is 18.8 Å². The summed E-state index contributed by atoms with van der Waals surface area (Å²) in [5.74, 6) is -0.457. The van der Waals surface area contributed by atoms with Gasteiger partial charge >= 0.3 is 6.09 Å². The van der Waals surface area contributed by atoms with Crippen LogP contribution in [0.4, 0.5) is 4.79 Å². The molecule has 9 heteroatoms. The highest BCUT2D eigenvalue weighted by atomic mass is 16.6. The zero-order chi connectivity index (χ0) is 29.0. The van der Waals surface area contributed by atoms with E-state index in [1.54, 1.807) is 20.8 Å². The van der Waals surface area contributed by atoms with Gasteiger partial charge in [0.15, 0.2) is 0 Å². The Bertz CT molecular complexity index is 896. The molecule has 220 valence electrons. The predicted octanol–water partition coefficient (Wildman–Crippen LogP) is 3.46. The van der Waals surface area contributed by atoms with Gasteiger partial charge in [-0.05, 0) is 51.0 Å². The smallest absolute Gasteiger partial charge is 0.408 e. The van der Waals surface area contributed by atoms with Gasteiger partial charge in [-0.2, -0.15) is 0 Å². The summed E-state index contributed by atoms with van der Waals surface area (Å²) in [6, 6.07) is 6.84. The first-order valence-corrected chi connectivity index (χ1v) is 14.3. The summed E-state index contributed by atoms with van der Waals surface area (Å²) in [7, 11) is 0. The van der Waals surface area contributed by atoms with Crippen LogP contribution in [-0.2, 0) is 20.7 Å². The van der Waals surface area contributed by atoms with Gasteiger partial charge in [0, 0.05) is 6.42 Å². The fraction of sp³-hybridized carbons (Fsp3) is 0.700. The Balaban J connectivity index is 2.18. The Kier molecular flexibility index (Phi) is 13.2. The minimum atomic E-state index is -1.09. The van der Waals surface area contributed by atoms with E-state index >= 15 is 0 Å². The standard InChI is InChI=1S/C30H49N3O6/c1-20(2)16-24(27(36)31-23(26(35)19-34)17-21-12-8-6-9-13-21)32-28(37)25(18-22-14-10-7-11-15-22)33-29(38)39-30(3,4)5/h7,10-11,14-15,20-21,23-26,34-35H,6,8-9,12-13,16-19H2,1-5H3,(H,31,36)(H,32,37)(H,33,38)/t23-,24-,25-,26-/m0/s1. The first kappa shape index (κ1) is 32.6. The van der Waals surface area contributed by atoms with Gasteiger partial charge in [0.05, 0.1) is 18.8 Å². The maximum atomic E-state index is 13.5. The second-order valence-corrected chi connectivity index (χ2v) is 12.2. The van der Waals surface area contributed by atoms with Gasteiger partial charge < -0.3 is 30.9 Å². The largest absolute Gasteiger partial charge is 0.444 e. The van der Waals surface area contributed by atoms with Crippen LogP contribution < -0.4 is 16.0 Å². The van der Waals surface area contributed by atoms with E-state index in [1.165, 1.54) is 6.42 Å². The van der Waals surface area contributed by atoms with Crippen molar-refractivity contribution in [2.75, 3.05) is 6.61 Å². The van der Waals surface area contributed by atoms with Gasteiger partial charge in [-0.3, -0.25) is 9.59 Å². The number of carbonyl (C=O) groups is 3. The van der Waals surface area contributed by atoms with Crippen molar-refractivity contribution in [2.45, 2.75) is 116 Å². The van der Waals surface area contributed by atoms with Gasteiger partial charge in [0.2, 0.25) is 11.8 Å². The second kappa shape index (κ2) is 15.8. The van der Waals surface area contributed by atoms with Crippen LogP contribution >= 0.6 is 0 Å². The highest BCUT2D eigenvalue weighted by Crippen LogP contribution is 2.28. The topological polar surface area (TPSA) is 137 Å². The molecule has 0 radical (unpaired) electrons. The maximum absolute atomic E-state index is 13.5. The number of rotatable bonds is 13. The van der Waals surface area contributed by atoms with Gasteiger partial charge in [-0.25, -0.2) is 4.79 Å². The molecule has 1 aliphatic rings. The number of hydrogen-bond donors (Lipinski definition) is 5. The van der Waals surface area contributed by atoms with Crippen LogP contribution in [0.3, 0.4) is 0 Å². The summed E-state index contributed by atoms with van der Waals surface area (Å²) in [4.78, 5) is 39.5. The Morgan fingerprint density at radius 3 is 2.13 bits per heavy atom. The number of alkyl carbamates (subject to hydrolysis) is 1. The molecule has 1 aromatic carbocycles. The molecule has 1 fully saturated rings. The SMILES string of the molecule is CC(C)C[C@H](NC(=O)[C@H](Cc1ccccc1)NC(=O)OC(C)(C)C)C(=O)N[C@@H](CC1CCCCC1)[C@@H](O)CO. The zero-order valence-electron chi connectivity index (χ0n) is 24.2. The van der Waals surface area contributed by atoms with E-state index in [-0.39, 0.29) is 12.3 Å². The Hall–Kier alpha value is -2.65. The number of amides is 3. The summed E-state index contributed by atoms with van der Waals surface area (Å²) in [5, 5.41) is 28.5. The molecule has 4 atom stereocenters. The van der Waals surface area contributed by atoms with Crippen LogP contribution in [0.5, 0.6) is 0 Å². The molecule has 1 aromatic rings. The van der Waals surface area contributed by atoms with Gasteiger partial charge in [-0.1, -0.05) is 76.3 Å². The molecule has 0 bridgehead atoms. The number of aliphatic hydroxyl groups is 2. The van der Waals surface area contributed by atoms with Gasteiger partial charge in [0.1, 0.15) is 17.7 Å². The van der Waals surface area contributed by atoms with Crippen LogP contribution in [-0.4, -0.2) is 64.6 Å². The third-order valence-corrected chi connectivity index (χ3v) is 6.92. The summed E-state index contributed by atoms with van der Waals surface area (Å²) in [6.45, 7) is 8.67. The lowest BCUT2D eigenvalue weighted by atomic mass is 9.83. The molecule has 9 nitrogen and oxygen atoms in total. The summed E-state index contributed by atoms with van der Waals surface area (Å²) < 4.78 is 5.38. The van der Waals surface area contributed by atoms with Crippen molar-refractivity contribution in [3.05, 3.63) is 35.9 Å². The molecule has 0 spiro atoms. The number of aliphatic hydroxyl groups excluding tert-OH is 2. The molecule has 0 unspecified atom stereocenters. The van der Waals surface area contributed by atoms with Crippen LogP contribution in [0, 0.1) is 11.8 Å². The van der Waals surface area contributed by atoms with Gasteiger partial charge in [-0.15, -0.1) is 0 Å². The molecule has 5 N–H and O–H groups in total. The quantitative estimate of drug-likeness (QED) is 0.257. The molecule has 0 aliphatic heterocycles. The van der Waals surface area contributed by atoms with Crippen molar-refractivity contribution >= 4 is 17.9 Å². The van der Waals surface area contributed by atoms with Crippen molar-refractivity contribution in [1.82, 2.24) is 16.0 Å². The lowest BCUT2D eigenvalue weighted by molar-refractivity contribution is -0.131. The van der Waals surface area contributed by atoms with E-state index in [1.807, 2.05) is 44.2 Å². The molecule has 1 aliphatic carbocycles. The van der Waals surface area contributed by atoms with Gasteiger partial charge in [0.25, 0.3) is 0 Å². The molecule has 0 saturated heterocycles. The molecule has 39 heavy (non-hydrogen) atoms. The average molecular weight is 548 g/mol. The number of ether oxygens (including phenoxy) is 1. The van der Waals surface area contributed by atoms with E-state index in [2.05, 4.69) is 16.0 Å². The Morgan fingerprint density at radius 1 is 0.949 bits per heavy atom. The number of carbonyl (C=O) groups excluding carboxylic acids is 3. The molecule has 0 aromatic heterocycles. The molecule has 1 saturated carbocycles. The summed E-state index contributed by atoms with van der Waals surface area (Å²) in [5.41, 5.74) is 0.107. The highest BCUT2D eigenvalue weighted by molar-refractivity contribution is 5.91. The average Bonchev–Trinajstić information content (AvgIpc) is 2.86. The van der Waals surface area contributed by atoms with Crippen LogP contribution in [0.15, 0.2) is 30.3 Å². The summed E-state index contributed by atoms with van der Waals surface area (Å²) >= 11 is 0. The van der Waals surface area contributed by atoms with Crippen molar-refractivity contribution in [3.63, 3.8) is 0 Å². The van der Waals surface area contributed by atoms with Crippen molar-refractivity contribution < 1.29 is 29.3 Å². The van der Waals surface area contributed by atoms with Crippen LogP contribution in [0.2, 0.25) is 0 Å². The van der Waals surface area contributed by atoms with Crippen LogP contribution in [0.25, 0.3) is 0 Å². The van der Waals surface area contributed by atoms with Crippen LogP contribution in [0.1, 0.15) is 85.1 Å². The zero-order valence-corrected chi connectivity index (χ0v) is 24.2. The minimum absolute atomic E-state index is 0.0898. The fourth-order valence-electron chi connectivity index (χ4n) is 4.99. The molecule has 2 rings (SSSR count). The van der Waals surface area contributed by atoms with Crippen molar-refractivity contribution in [3.8, 4) is 0 Å². The second-order valence-electron chi connectivity index (χ2n) is 12.2. The normalized spacial score (nSPS) is 17.5. The molecule has 0 heterocycles.